The molecule has 1 aliphatic rings. The van der Waals surface area contributed by atoms with Crippen molar-refractivity contribution in [1.29, 1.82) is 0 Å². The summed E-state index contributed by atoms with van der Waals surface area (Å²) in [6.07, 6.45) is 2.77. The van der Waals surface area contributed by atoms with Crippen molar-refractivity contribution >= 4 is 5.97 Å². The minimum atomic E-state index is -0.178. The van der Waals surface area contributed by atoms with Gasteiger partial charge in [0.25, 0.3) is 0 Å². The third-order valence-corrected chi connectivity index (χ3v) is 3.07. The van der Waals surface area contributed by atoms with Crippen LogP contribution in [0.25, 0.3) is 0 Å². The number of carbonyl (C=O) groups excluding carboxylic acids is 1. The lowest BCUT2D eigenvalue weighted by Gasteiger charge is -2.35. The van der Waals surface area contributed by atoms with E-state index in [-0.39, 0.29) is 18.6 Å². The van der Waals surface area contributed by atoms with E-state index in [1.807, 2.05) is 6.92 Å². The van der Waals surface area contributed by atoms with E-state index >= 15 is 0 Å². The fourth-order valence-corrected chi connectivity index (χ4v) is 2.46. The second kappa shape index (κ2) is 7.63. The van der Waals surface area contributed by atoms with Crippen molar-refractivity contribution in [2.24, 2.45) is 11.7 Å². The van der Waals surface area contributed by atoms with Gasteiger partial charge in [0.15, 0.2) is 0 Å². The number of aliphatic hydroxyl groups excluding tert-OH is 1. The summed E-state index contributed by atoms with van der Waals surface area (Å²) in [5, 5.41) is 8.83. The molecule has 1 rings (SSSR count). The van der Waals surface area contributed by atoms with E-state index in [0.29, 0.717) is 19.1 Å². The average Bonchev–Trinajstić information content (AvgIpc) is 2.25. The van der Waals surface area contributed by atoms with Crippen molar-refractivity contribution in [3.05, 3.63) is 0 Å². The van der Waals surface area contributed by atoms with Crippen molar-refractivity contribution in [2.75, 3.05) is 32.8 Å². The van der Waals surface area contributed by atoms with E-state index in [1.54, 1.807) is 0 Å². The van der Waals surface area contributed by atoms with E-state index in [0.717, 1.165) is 32.4 Å². The lowest BCUT2D eigenvalue weighted by atomic mass is 9.91. The van der Waals surface area contributed by atoms with Gasteiger partial charge in [-0.25, -0.2) is 0 Å². The third kappa shape index (κ3) is 5.48. The van der Waals surface area contributed by atoms with Crippen molar-refractivity contribution in [3.63, 3.8) is 0 Å². The molecule has 100 valence electrons. The summed E-state index contributed by atoms with van der Waals surface area (Å²) in [5.41, 5.74) is 5.98. The molecular formula is C12H24N2O3. The van der Waals surface area contributed by atoms with Crippen LogP contribution in [0.1, 0.15) is 26.2 Å². The zero-order chi connectivity index (χ0) is 12.7. The van der Waals surface area contributed by atoms with Crippen LogP contribution >= 0.6 is 0 Å². The number of hydrogen-bond acceptors (Lipinski definition) is 5. The highest BCUT2D eigenvalue weighted by Crippen LogP contribution is 2.20. The van der Waals surface area contributed by atoms with Crippen LogP contribution in [0, 0.1) is 5.92 Å². The molecule has 2 unspecified atom stereocenters. The average molecular weight is 244 g/mol. The van der Waals surface area contributed by atoms with Gasteiger partial charge in [-0.1, -0.05) is 0 Å². The highest BCUT2D eigenvalue weighted by atomic mass is 16.5. The van der Waals surface area contributed by atoms with Crippen molar-refractivity contribution in [2.45, 2.75) is 32.2 Å². The summed E-state index contributed by atoms with van der Waals surface area (Å²) < 4.78 is 4.93. The second-order valence-electron chi connectivity index (χ2n) is 4.73. The van der Waals surface area contributed by atoms with Crippen molar-refractivity contribution in [1.82, 2.24) is 4.90 Å². The molecule has 0 aromatic heterocycles. The van der Waals surface area contributed by atoms with Gasteiger partial charge in [-0.05, 0) is 32.1 Å². The lowest BCUT2D eigenvalue weighted by Crippen LogP contribution is -2.48. The summed E-state index contributed by atoms with van der Waals surface area (Å²) in [4.78, 5) is 13.5. The first-order valence-electron chi connectivity index (χ1n) is 6.40. The quantitative estimate of drug-likeness (QED) is 0.642. The Bertz CT molecular complexity index is 236. The molecule has 0 aliphatic carbocycles. The van der Waals surface area contributed by atoms with E-state index < -0.39 is 0 Å². The lowest BCUT2D eigenvalue weighted by molar-refractivity contribution is -0.144. The second-order valence-corrected chi connectivity index (χ2v) is 4.73. The normalized spacial score (nSPS) is 25.8. The molecule has 1 heterocycles. The number of ether oxygens (including phenoxy) is 1. The Morgan fingerprint density at radius 3 is 2.94 bits per heavy atom. The molecule has 3 N–H and O–H groups in total. The monoisotopic (exact) mass is 244 g/mol. The molecule has 0 saturated carbocycles. The highest BCUT2D eigenvalue weighted by Gasteiger charge is 2.26. The molecule has 1 fully saturated rings. The van der Waals surface area contributed by atoms with Crippen LogP contribution in [0.2, 0.25) is 0 Å². The summed E-state index contributed by atoms with van der Waals surface area (Å²) in [6, 6.07) is 0.127. The van der Waals surface area contributed by atoms with E-state index in [1.165, 1.54) is 0 Å². The fourth-order valence-electron chi connectivity index (χ4n) is 2.46. The van der Waals surface area contributed by atoms with Gasteiger partial charge in [-0.3, -0.25) is 9.69 Å². The van der Waals surface area contributed by atoms with E-state index in [9.17, 15) is 4.79 Å². The first kappa shape index (κ1) is 14.4. The number of likely N-dealkylation sites (tertiary alicyclic amines) is 1. The van der Waals surface area contributed by atoms with Gasteiger partial charge >= 0.3 is 5.97 Å². The molecule has 1 saturated heterocycles. The highest BCUT2D eigenvalue weighted by molar-refractivity contribution is 5.71. The maximum absolute atomic E-state index is 11.4. The molecule has 0 amide bonds. The van der Waals surface area contributed by atoms with Crippen LogP contribution in [0.4, 0.5) is 0 Å². The van der Waals surface area contributed by atoms with Gasteiger partial charge in [-0.15, -0.1) is 0 Å². The molecule has 2 atom stereocenters. The molecule has 5 heteroatoms. The maximum atomic E-state index is 11.4. The van der Waals surface area contributed by atoms with Crippen molar-refractivity contribution < 1.29 is 14.6 Å². The number of nitrogens with zero attached hydrogens (tertiary/aromatic N) is 1. The number of piperidine rings is 1. The fraction of sp³-hybridized carbons (Fsp3) is 0.917. The Morgan fingerprint density at radius 1 is 1.53 bits per heavy atom. The number of carbonyl (C=O) groups is 1. The van der Waals surface area contributed by atoms with Crippen LogP contribution in [0.5, 0.6) is 0 Å². The Morgan fingerprint density at radius 2 is 2.29 bits per heavy atom. The number of aliphatic hydroxyl groups is 1. The Kier molecular flexibility index (Phi) is 6.47. The largest absolute Gasteiger partial charge is 0.465 e. The summed E-state index contributed by atoms with van der Waals surface area (Å²) in [7, 11) is 0. The number of rotatable bonds is 6. The van der Waals surface area contributed by atoms with Gasteiger partial charge in [0, 0.05) is 25.7 Å². The topological polar surface area (TPSA) is 75.8 Å². The molecule has 0 radical (unpaired) electrons. The Balaban J connectivity index is 2.36. The Labute approximate surface area is 103 Å². The van der Waals surface area contributed by atoms with Gasteiger partial charge in [0.2, 0.25) is 0 Å². The molecule has 0 aromatic carbocycles. The van der Waals surface area contributed by atoms with Gasteiger partial charge in [-0.2, -0.15) is 0 Å². The van der Waals surface area contributed by atoms with Crippen LogP contribution < -0.4 is 5.73 Å². The SMILES string of the molecule is CCOC(=O)CN1CC(N)CC(CCCO)C1. The van der Waals surface area contributed by atoms with Gasteiger partial charge < -0.3 is 15.6 Å². The zero-order valence-corrected chi connectivity index (χ0v) is 10.6. The summed E-state index contributed by atoms with van der Waals surface area (Å²) in [5.74, 6) is 0.308. The van der Waals surface area contributed by atoms with E-state index in [2.05, 4.69) is 4.90 Å². The number of esters is 1. The standard InChI is InChI=1S/C12H24N2O3/c1-2-17-12(16)9-14-7-10(4-3-5-15)6-11(13)8-14/h10-11,15H,2-9,13H2,1H3. The maximum Gasteiger partial charge on any atom is 0.320 e. The van der Waals surface area contributed by atoms with Crippen molar-refractivity contribution in [3.8, 4) is 0 Å². The predicted molar refractivity (Wildman–Crippen MR) is 65.5 cm³/mol. The Hall–Kier alpha value is -0.650. The summed E-state index contributed by atoms with van der Waals surface area (Å²) >= 11 is 0. The zero-order valence-electron chi connectivity index (χ0n) is 10.6. The van der Waals surface area contributed by atoms with Crippen LogP contribution in [0.15, 0.2) is 0 Å². The minimum absolute atomic E-state index is 0.127. The molecule has 17 heavy (non-hydrogen) atoms. The number of hydrogen-bond donors (Lipinski definition) is 2. The summed E-state index contributed by atoms with van der Waals surface area (Å²) in [6.45, 7) is 4.43. The molecule has 0 spiro atoms. The van der Waals surface area contributed by atoms with Gasteiger partial charge in [0.05, 0.1) is 13.2 Å². The molecule has 0 bridgehead atoms. The van der Waals surface area contributed by atoms with Gasteiger partial charge in [0.1, 0.15) is 0 Å². The molecule has 1 aliphatic heterocycles. The molecular weight excluding hydrogens is 220 g/mol. The van der Waals surface area contributed by atoms with Crippen LogP contribution in [0.3, 0.4) is 0 Å². The first-order valence-corrected chi connectivity index (χ1v) is 6.40. The number of nitrogens with two attached hydrogens (primary N) is 1. The van der Waals surface area contributed by atoms with Crippen LogP contribution in [-0.4, -0.2) is 54.9 Å². The minimum Gasteiger partial charge on any atom is -0.465 e. The predicted octanol–water partition coefficient (Wildman–Crippen LogP) is -0.0288. The molecule has 5 nitrogen and oxygen atoms in total. The van der Waals surface area contributed by atoms with E-state index in [4.69, 9.17) is 15.6 Å². The third-order valence-electron chi connectivity index (χ3n) is 3.07. The molecule has 0 aromatic rings. The smallest absolute Gasteiger partial charge is 0.320 e. The van der Waals surface area contributed by atoms with Crippen LogP contribution in [-0.2, 0) is 9.53 Å². The first-order chi connectivity index (χ1) is 8.15.